The first kappa shape index (κ1) is 15.4. The number of aromatic amines is 1. The SMILES string of the molecule is [C-]#[N+]/C(=C/c1cnccc1-c1ccoc1)c1c[nH]c2ccc(Br)cc12. The average Bonchev–Trinajstić information content (AvgIpc) is 3.30. The number of pyridine rings is 1. The molecule has 120 valence electrons. The topological polar surface area (TPSA) is 46.2 Å². The van der Waals surface area contributed by atoms with E-state index in [0.717, 1.165) is 37.6 Å². The molecular formula is C20H12BrN3O. The van der Waals surface area contributed by atoms with E-state index in [1.165, 1.54) is 0 Å². The summed E-state index contributed by atoms with van der Waals surface area (Å²) in [6, 6.07) is 9.80. The zero-order valence-corrected chi connectivity index (χ0v) is 14.6. The molecule has 0 aliphatic heterocycles. The van der Waals surface area contributed by atoms with Gasteiger partial charge in [0.1, 0.15) is 0 Å². The molecular weight excluding hydrogens is 378 g/mol. The third kappa shape index (κ3) is 2.88. The Labute approximate surface area is 152 Å². The Hall–Kier alpha value is -3.10. The first-order valence-corrected chi connectivity index (χ1v) is 8.38. The summed E-state index contributed by atoms with van der Waals surface area (Å²) in [6.45, 7) is 7.65. The predicted molar refractivity (Wildman–Crippen MR) is 102 cm³/mol. The van der Waals surface area contributed by atoms with E-state index in [1.54, 1.807) is 24.9 Å². The number of fused-ring (bicyclic) bond motifs is 1. The molecule has 3 aromatic heterocycles. The highest BCUT2D eigenvalue weighted by molar-refractivity contribution is 9.10. The molecule has 0 saturated carbocycles. The molecule has 0 radical (unpaired) electrons. The number of aromatic nitrogens is 2. The Morgan fingerprint density at radius 1 is 1.28 bits per heavy atom. The van der Waals surface area contributed by atoms with Crippen LogP contribution < -0.4 is 0 Å². The molecule has 4 nitrogen and oxygen atoms in total. The van der Waals surface area contributed by atoms with Crippen LogP contribution in [0.25, 0.3) is 38.6 Å². The van der Waals surface area contributed by atoms with Gasteiger partial charge in [-0.15, -0.1) is 0 Å². The lowest BCUT2D eigenvalue weighted by molar-refractivity contribution is 0.568. The van der Waals surface area contributed by atoms with E-state index < -0.39 is 0 Å². The van der Waals surface area contributed by atoms with Gasteiger partial charge in [-0.3, -0.25) is 4.98 Å². The fourth-order valence-electron chi connectivity index (χ4n) is 2.82. The van der Waals surface area contributed by atoms with Crippen LogP contribution >= 0.6 is 15.9 Å². The monoisotopic (exact) mass is 389 g/mol. The number of hydrogen-bond donors (Lipinski definition) is 1. The van der Waals surface area contributed by atoms with Crippen molar-refractivity contribution in [1.82, 2.24) is 9.97 Å². The van der Waals surface area contributed by atoms with Gasteiger partial charge in [-0.1, -0.05) is 15.9 Å². The predicted octanol–water partition coefficient (Wildman–Crippen LogP) is 6.00. The Morgan fingerprint density at radius 2 is 2.20 bits per heavy atom. The van der Waals surface area contributed by atoms with E-state index in [4.69, 9.17) is 11.0 Å². The number of H-pyrrole nitrogens is 1. The summed E-state index contributed by atoms with van der Waals surface area (Å²) >= 11 is 3.50. The summed E-state index contributed by atoms with van der Waals surface area (Å²) in [5, 5.41) is 1.00. The van der Waals surface area contributed by atoms with E-state index in [2.05, 4.69) is 30.7 Å². The summed E-state index contributed by atoms with van der Waals surface area (Å²) in [5.74, 6) is 0. The smallest absolute Gasteiger partial charge is 0.197 e. The molecule has 25 heavy (non-hydrogen) atoms. The largest absolute Gasteiger partial charge is 0.472 e. The highest BCUT2D eigenvalue weighted by Crippen LogP contribution is 2.32. The Balaban J connectivity index is 1.88. The second-order valence-electron chi connectivity index (χ2n) is 5.51. The van der Waals surface area contributed by atoms with Crippen molar-refractivity contribution in [1.29, 1.82) is 0 Å². The van der Waals surface area contributed by atoms with Crippen LogP contribution in [-0.2, 0) is 0 Å². The van der Waals surface area contributed by atoms with Crippen molar-refractivity contribution < 1.29 is 4.42 Å². The number of halogens is 1. The first-order valence-electron chi connectivity index (χ1n) is 7.59. The van der Waals surface area contributed by atoms with Crippen LogP contribution in [0, 0.1) is 6.57 Å². The molecule has 0 spiro atoms. The number of hydrogen-bond acceptors (Lipinski definition) is 2. The summed E-state index contributed by atoms with van der Waals surface area (Å²) in [4.78, 5) is 11.2. The van der Waals surface area contributed by atoms with Crippen molar-refractivity contribution in [2.24, 2.45) is 0 Å². The number of rotatable bonds is 3. The van der Waals surface area contributed by atoms with Crippen molar-refractivity contribution in [2.75, 3.05) is 0 Å². The zero-order valence-electron chi connectivity index (χ0n) is 13.0. The molecule has 0 unspecified atom stereocenters. The molecule has 1 N–H and O–H groups in total. The van der Waals surface area contributed by atoms with Crippen molar-refractivity contribution in [2.45, 2.75) is 0 Å². The molecule has 0 aliphatic carbocycles. The average molecular weight is 390 g/mol. The molecule has 5 heteroatoms. The maximum Gasteiger partial charge on any atom is 0.197 e. The van der Waals surface area contributed by atoms with E-state index in [0.29, 0.717) is 5.70 Å². The highest BCUT2D eigenvalue weighted by Gasteiger charge is 2.11. The Morgan fingerprint density at radius 3 is 3.00 bits per heavy atom. The zero-order chi connectivity index (χ0) is 17.2. The number of nitrogens with zero attached hydrogens (tertiary/aromatic N) is 2. The third-order valence-corrected chi connectivity index (χ3v) is 4.51. The second-order valence-corrected chi connectivity index (χ2v) is 6.42. The molecule has 0 saturated heterocycles. The van der Waals surface area contributed by atoms with Gasteiger partial charge in [0.2, 0.25) is 0 Å². The molecule has 0 fully saturated rings. The lowest BCUT2D eigenvalue weighted by Gasteiger charge is -2.04. The molecule has 0 bridgehead atoms. The normalized spacial score (nSPS) is 11.6. The summed E-state index contributed by atoms with van der Waals surface area (Å²) in [6.07, 6.45) is 10.6. The Kier molecular flexibility index (Phi) is 3.96. The van der Waals surface area contributed by atoms with Gasteiger partial charge in [0, 0.05) is 33.5 Å². The van der Waals surface area contributed by atoms with Gasteiger partial charge >= 0.3 is 0 Å². The fourth-order valence-corrected chi connectivity index (χ4v) is 3.19. The quantitative estimate of drug-likeness (QED) is 0.436. The lowest BCUT2D eigenvalue weighted by atomic mass is 10.0. The second kappa shape index (κ2) is 6.42. The summed E-state index contributed by atoms with van der Waals surface area (Å²) in [7, 11) is 0. The van der Waals surface area contributed by atoms with Crippen molar-refractivity contribution in [3.63, 3.8) is 0 Å². The van der Waals surface area contributed by atoms with E-state index in [-0.39, 0.29) is 0 Å². The van der Waals surface area contributed by atoms with Gasteiger partial charge in [0.15, 0.2) is 5.70 Å². The van der Waals surface area contributed by atoms with Crippen LogP contribution in [0.1, 0.15) is 11.1 Å². The van der Waals surface area contributed by atoms with Gasteiger partial charge in [-0.2, -0.15) is 0 Å². The number of benzene rings is 1. The third-order valence-electron chi connectivity index (χ3n) is 4.02. The molecule has 3 heterocycles. The molecule has 0 amide bonds. The molecule has 1 aromatic carbocycles. The summed E-state index contributed by atoms with van der Waals surface area (Å²) < 4.78 is 6.16. The van der Waals surface area contributed by atoms with Gasteiger partial charge in [0.05, 0.1) is 19.1 Å². The molecule has 4 aromatic rings. The van der Waals surface area contributed by atoms with Gasteiger partial charge in [0.25, 0.3) is 0 Å². The lowest BCUT2D eigenvalue weighted by Crippen LogP contribution is -1.85. The van der Waals surface area contributed by atoms with Crippen LogP contribution in [0.4, 0.5) is 0 Å². The minimum Gasteiger partial charge on any atom is -0.472 e. The van der Waals surface area contributed by atoms with Crippen LogP contribution in [0.15, 0.2) is 70.3 Å². The van der Waals surface area contributed by atoms with Crippen LogP contribution in [0.3, 0.4) is 0 Å². The van der Waals surface area contributed by atoms with E-state index in [1.807, 2.05) is 42.6 Å². The first-order chi connectivity index (χ1) is 12.3. The van der Waals surface area contributed by atoms with Gasteiger partial charge < -0.3 is 9.40 Å². The number of furan rings is 1. The van der Waals surface area contributed by atoms with Crippen molar-refractivity contribution in [3.8, 4) is 11.1 Å². The fraction of sp³-hybridized carbons (Fsp3) is 0. The summed E-state index contributed by atoms with van der Waals surface area (Å²) in [5.41, 5.74) is 5.23. The molecule has 0 atom stereocenters. The molecule has 0 aliphatic rings. The van der Waals surface area contributed by atoms with E-state index in [9.17, 15) is 0 Å². The Bertz CT molecular complexity index is 1120. The number of nitrogens with one attached hydrogen (secondary N) is 1. The maximum absolute atomic E-state index is 7.65. The van der Waals surface area contributed by atoms with Gasteiger partial charge in [-0.05, 0) is 59.1 Å². The highest BCUT2D eigenvalue weighted by atomic mass is 79.9. The van der Waals surface area contributed by atoms with Crippen molar-refractivity contribution in [3.05, 3.63) is 88.5 Å². The molecule has 4 rings (SSSR count). The minimum atomic E-state index is 0.557. The van der Waals surface area contributed by atoms with Crippen LogP contribution in [0.5, 0.6) is 0 Å². The van der Waals surface area contributed by atoms with Crippen LogP contribution in [-0.4, -0.2) is 9.97 Å². The minimum absolute atomic E-state index is 0.557. The maximum atomic E-state index is 7.65. The van der Waals surface area contributed by atoms with E-state index >= 15 is 0 Å². The van der Waals surface area contributed by atoms with Crippen molar-refractivity contribution >= 4 is 38.6 Å². The standard InChI is InChI=1S/C20H12BrN3O/c1-22-20(18-11-24-19-3-2-15(21)9-17(18)19)8-14-10-23-6-4-16(14)13-5-7-25-12-13/h2-12,24H/b20-8+. The van der Waals surface area contributed by atoms with Gasteiger partial charge in [-0.25, -0.2) is 4.85 Å². The van der Waals surface area contributed by atoms with Crippen LogP contribution in [0.2, 0.25) is 0 Å².